The maximum atomic E-state index is 10.4. The molecule has 0 aromatic rings. The fourth-order valence-electron chi connectivity index (χ4n) is 0.913. The first-order valence-corrected chi connectivity index (χ1v) is 3.31. The molecule has 3 heteroatoms. The number of nitrogens with two attached hydrogens (primary N) is 1. The van der Waals surface area contributed by atoms with E-state index in [1.54, 1.807) is 0 Å². The Balaban J connectivity index is 2.19. The zero-order valence-corrected chi connectivity index (χ0v) is 5.55. The lowest BCUT2D eigenvalue weighted by Gasteiger charge is -2.02. The van der Waals surface area contributed by atoms with Crippen molar-refractivity contribution in [2.75, 3.05) is 0 Å². The molecule has 0 aliphatic carbocycles. The minimum absolute atomic E-state index is 0.0232. The molecule has 3 N–H and O–H groups in total. The Morgan fingerprint density at radius 1 is 1.89 bits per heavy atom. The summed E-state index contributed by atoms with van der Waals surface area (Å²) in [6.07, 6.45) is 1.98. The van der Waals surface area contributed by atoms with Crippen LogP contribution >= 0.6 is 0 Å². The van der Waals surface area contributed by atoms with Gasteiger partial charge in [0.25, 0.3) is 0 Å². The van der Waals surface area contributed by atoms with E-state index in [0.29, 0.717) is 0 Å². The van der Waals surface area contributed by atoms with Crippen molar-refractivity contribution in [1.29, 1.82) is 0 Å². The Kier molecular flexibility index (Phi) is 1.71. The minimum atomic E-state index is -0.0232. The number of hydrogen-bond donors (Lipinski definition) is 2. The molecule has 2 unspecified atom stereocenters. The zero-order valence-electron chi connectivity index (χ0n) is 5.55. The number of amides is 1. The fraction of sp³-hybridized carbons (Fsp3) is 0.833. The minimum Gasteiger partial charge on any atom is -0.341 e. The van der Waals surface area contributed by atoms with E-state index in [1.165, 1.54) is 0 Å². The first-order valence-electron chi connectivity index (χ1n) is 3.31. The first-order chi connectivity index (χ1) is 4.25. The third kappa shape index (κ3) is 1.42. The summed E-state index contributed by atoms with van der Waals surface area (Å²) in [6, 6.07) is 0.0208. The van der Waals surface area contributed by atoms with E-state index in [2.05, 4.69) is 12.2 Å². The van der Waals surface area contributed by atoms with Crippen LogP contribution in [0.3, 0.4) is 0 Å². The van der Waals surface area contributed by atoms with Crippen molar-refractivity contribution < 1.29 is 4.79 Å². The van der Waals surface area contributed by atoms with Crippen LogP contribution in [0.4, 0.5) is 0 Å². The van der Waals surface area contributed by atoms with Crippen LogP contribution in [0.5, 0.6) is 0 Å². The van der Waals surface area contributed by atoms with Crippen molar-refractivity contribution in [2.45, 2.75) is 31.8 Å². The van der Waals surface area contributed by atoms with Crippen molar-refractivity contribution in [3.8, 4) is 0 Å². The number of rotatable bonds is 3. The summed E-state index contributed by atoms with van der Waals surface area (Å²) in [6.45, 7) is 2.06. The molecule has 2 atom stereocenters. The highest BCUT2D eigenvalue weighted by Crippen LogP contribution is 2.08. The number of carbonyl (C=O) groups excluding carboxylic acids is 1. The van der Waals surface area contributed by atoms with E-state index in [0.717, 1.165) is 12.8 Å². The van der Waals surface area contributed by atoms with Crippen LogP contribution in [0.15, 0.2) is 0 Å². The Hall–Kier alpha value is -0.570. The highest BCUT2D eigenvalue weighted by molar-refractivity contribution is 5.97. The monoisotopic (exact) mass is 128 g/mol. The Labute approximate surface area is 54.6 Å². The van der Waals surface area contributed by atoms with Crippen LogP contribution in [0, 0.1) is 0 Å². The number of hydrogen-bond acceptors (Lipinski definition) is 2. The molecule has 1 fully saturated rings. The smallest absolute Gasteiger partial charge is 0.244 e. The lowest BCUT2D eigenvalue weighted by molar-refractivity contribution is -0.111. The zero-order chi connectivity index (χ0) is 6.85. The van der Waals surface area contributed by atoms with E-state index in [1.807, 2.05) is 0 Å². The summed E-state index contributed by atoms with van der Waals surface area (Å²) < 4.78 is 0. The van der Waals surface area contributed by atoms with Gasteiger partial charge in [-0.05, 0) is 6.42 Å². The predicted octanol–water partition coefficient (Wildman–Crippen LogP) is -0.388. The Morgan fingerprint density at radius 2 is 2.44 bits per heavy atom. The van der Waals surface area contributed by atoms with Crippen LogP contribution < -0.4 is 11.1 Å². The second-order valence-electron chi connectivity index (χ2n) is 2.44. The van der Waals surface area contributed by atoms with Gasteiger partial charge >= 0.3 is 0 Å². The highest BCUT2D eigenvalue weighted by atomic mass is 16.2. The van der Waals surface area contributed by atoms with Gasteiger partial charge in [-0.2, -0.15) is 0 Å². The molecule has 0 aromatic carbocycles. The van der Waals surface area contributed by atoms with Crippen LogP contribution in [0.1, 0.15) is 19.8 Å². The maximum absolute atomic E-state index is 10.4. The lowest BCUT2D eigenvalue weighted by atomic mass is 10.1. The van der Waals surface area contributed by atoms with Crippen molar-refractivity contribution in [2.24, 2.45) is 5.73 Å². The van der Waals surface area contributed by atoms with Gasteiger partial charge in [0.15, 0.2) is 0 Å². The molecule has 1 amide bonds. The second-order valence-corrected chi connectivity index (χ2v) is 2.44. The van der Waals surface area contributed by atoms with Crippen LogP contribution in [0.2, 0.25) is 0 Å². The number of nitrogens with one attached hydrogen (secondary N) is 1. The molecule has 0 bridgehead atoms. The molecule has 0 aromatic heterocycles. The molecule has 1 saturated heterocycles. The van der Waals surface area contributed by atoms with Crippen LogP contribution in [-0.2, 0) is 4.79 Å². The van der Waals surface area contributed by atoms with Gasteiger partial charge in [-0.3, -0.25) is 4.79 Å². The van der Waals surface area contributed by atoms with Crippen LogP contribution in [-0.4, -0.2) is 18.0 Å². The standard InChI is InChI=1S/C6H12N2O/c1-2-3-4(7)5-6(9)8-5/h4-5H,2-3,7H2,1H3,(H,8,9). The van der Waals surface area contributed by atoms with Crippen molar-refractivity contribution in [3.05, 3.63) is 0 Å². The fourth-order valence-corrected chi connectivity index (χ4v) is 0.913. The molecular weight excluding hydrogens is 116 g/mol. The molecule has 0 saturated carbocycles. The van der Waals surface area contributed by atoms with Crippen LogP contribution in [0.25, 0.3) is 0 Å². The van der Waals surface area contributed by atoms with Gasteiger partial charge < -0.3 is 11.1 Å². The van der Waals surface area contributed by atoms with E-state index in [4.69, 9.17) is 5.73 Å². The summed E-state index contributed by atoms with van der Waals surface area (Å²) in [5.74, 6) is 0.107. The first kappa shape index (κ1) is 6.55. The van der Waals surface area contributed by atoms with Crippen molar-refractivity contribution in [1.82, 2.24) is 5.32 Å². The Morgan fingerprint density at radius 3 is 2.78 bits per heavy atom. The normalized spacial score (nSPS) is 27.3. The summed E-state index contributed by atoms with van der Waals surface area (Å²) >= 11 is 0. The third-order valence-corrected chi connectivity index (χ3v) is 1.55. The van der Waals surface area contributed by atoms with Gasteiger partial charge in [-0.15, -0.1) is 0 Å². The molecule has 1 aliphatic rings. The van der Waals surface area contributed by atoms with E-state index in [-0.39, 0.29) is 18.0 Å². The molecule has 0 radical (unpaired) electrons. The highest BCUT2D eigenvalue weighted by Gasteiger charge is 2.38. The molecule has 9 heavy (non-hydrogen) atoms. The van der Waals surface area contributed by atoms with Gasteiger partial charge in [0.2, 0.25) is 5.91 Å². The van der Waals surface area contributed by atoms with Gasteiger partial charge in [-0.25, -0.2) is 0 Å². The Bertz CT molecular complexity index is 124. The molecule has 1 aliphatic heterocycles. The molecule has 0 spiro atoms. The molecule has 52 valence electrons. The van der Waals surface area contributed by atoms with Gasteiger partial charge in [-0.1, -0.05) is 13.3 Å². The topological polar surface area (TPSA) is 65.0 Å². The van der Waals surface area contributed by atoms with Crippen molar-refractivity contribution in [3.63, 3.8) is 0 Å². The summed E-state index contributed by atoms with van der Waals surface area (Å²) in [7, 11) is 0. The number of carbonyl (C=O) groups is 1. The summed E-state index contributed by atoms with van der Waals surface area (Å²) in [5, 5.41) is 2.65. The summed E-state index contributed by atoms with van der Waals surface area (Å²) in [5.41, 5.74) is 5.60. The van der Waals surface area contributed by atoms with E-state index < -0.39 is 0 Å². The average Bonchev–Trinajstić information content (AvgIpc) is 2.47. The SMILES string of the molecule is CCCC(N)C1NC1=O. The molecule has 3 nitrogen and oxygen atoms in total. The van der Waals surface area contributed by atoms with Crippen molar-refractivity contribution >= 4 is 5.91 Å². The molecular formula is C6H12N2O. The largest absolute Gasteiger partial charge is 0.341 e. The third-order valence-electron chi connectivity index (χ3n) is 1.55. The molecule has 1 rings (SSSR count). The quantitative estimate of drug-likeness (QED) is 0.508. The predicted molar refractivity (Wildman–Crippen MR) is 34.8 cm³/mol. The lowest BCUT2D eigenvalue weighted by Crippen LogP contribution is -2.28. The average molecular weight is 128 g/mol. The molecule has 1 heterocycles. The second kappa shape index (κ2) is 2.35. The maximum Gasteiger partial charge on any atom is 0.244 e. The van der Waals surface area contributed by atoms with E-state index >= 15 is 0 Å². The van der Waals surface area contributed by atoms with Gasteiger partial charge in [0, 0.05) is 6.04 Å². The summed E-state index contributed by atoms with van der Waals surface area (Å²) in [4.78, 5) is 10.4. The van der Waals surface area contributed by atoms with E-state index in [9.17, 15) is 4.79 Å². The van der Waals surface area contributed by atoms with Gasteiger partial charge in [0.1, 0.15) is 6.04 Å². The van der Waals surface area contributed by atoms with Gasteiger partial charge in [0.05, 0.1) is 0 Å².